The number of rotatable bonds is 5. The molecule has 0 saturated heterocycles. The van der Waals surface area contributed by atoms with Crippen molar-refractivity contribution in [1.82, 2.24) is 10.2 Å². The highest BCUT2D eigenvalue weighted by Crippen LogP contribution is 2.18. The second-order valence-electron chi connectivity index (χ2n) is 4.07. The third-order valence-corrected chi connectivity index (χ3v) is 3.69. The zero-order valence-electron chi connectivity index (χ0n) is 10.5. The molecule has 4 nitrogen and oxygen atoms in total. The minimum Gasteiger partial charge on any atom is -0.296 e. The molecule has 6 heteroatoms. The Hall–Kier alpha value is -1.46. The van der Waals surface area contributed by atoms with Crippen molar-refractivity contribution in [3.8, 4) is 0 Å². The SMILES string of the molecule is CCCCc1nnc(NC(=O)c2ccc(Cl)cc2)s1. The molecule has 0 radical (unpaired) electrons. The van der Waals surface area contributed by atoms with Crippen LogP contribution in [0.15, 0.2) is 24.3 Å². The number of unbranched alkanes of at least 4 members (excludes halogenated alkanes) is 1. The van der Waals surface area contributed by atoms with Gasteiger partial charge in [0.05, 0.1) is 0 Å². The average Bonchev–Trinajstić information content (AvgIpc) is 2.84. The lowest BCUT2D eigenvalue weighted by atomic mass is 10.2. The maximum atomic E-state index is 11.9. The Morgan fingerprint density at radius 2 is 2.05 bits per heavy atom. The Morgan fingerprint density at radius 1 is 1.32 bits per heavy atom. The minimum absolute atomic E-state index is 0.199. The zero-order chi connectivity index (χ0) is 13.7. The van der Waals surface area contributed by atoms with E-state index in [-0.39, 0.29) is 5.91 Å². The van der Waals surface area contributed by atoms with Gasteiger partial charge in [0.25, 0.3) is 5.91 Å². The summed E-state index contributed by atoms with van der Waals surface area (Å²) in [6, 6.07) is 6.72. The molecule has 0 spiro atoms. The number of nitrogens with zero attached hydrogens (tertiary/aromatic N) is 2. The quantitative estimate of drug-likeness (QED) is 0.913. The molecular weight excluding hydrogens is 282 g/mol. The van der Waals surface area contributed by atoms with E-state index in [1.54, 1.807) is 24.3 Å². The number of hydrogen-bond acceptors (Lipinski definition) is 4. The van der Waals surface area contributed by atoms with Crippen LogP contribution < -0.4 is 5.32 Å². The summed E-state index contributed by atoms with van der Waals surface area (Å²) in [4.78, 5) is 11.9. The molecule has 1 amide bonds. The highest BCUT2D eigenvalue weighted by Gasteiger charge is 2.09. The number of aromatic nitrogens is 2. The van der Waals surface area contributed by atoms with Gasteiger partial charge in [0.1, 0.15) is 5.01 Å². The summed E-state index contributed by atoms with van der Waals surface area (Å²) >= 11 is 7.20. The molecule has 0 aliphatic rings. The van der Waals surface area contributed by atoms with E-state index in [9.17, 15) is 4.79 Å². The van der Waals surface area contributed by atoms with Crippen molar-refractivity contribution in [3.05, 3.63) is 39.9 Å². The lowest BCUT2D eigenvalue weighted by molar-refractivity contribution is 0.102. The van der Waals surface area contributed by atoms with Crippen molar-refractivity contribution in [2.75, 3.05) is 5.32 Å². The summed E-state index contributed by atoms with van der Waals surface area (Å²) in [7, 11) is 0. The van der Waals surface area contributed by atoms with Gasteiger partial charge >= 0.3 is 0 Å². The molecule has 0 unspecified atom stereocenters. The van der Waals surface area contributed by atoms with Crippen molar-refractivity contribution in [3.63, 3.8) is 0 Å². The van der Waals surface area contributed by atoms with Crippen LogP contribution in [0.3, 0.4) is 0 Å². The normalized spacial score (nSPS) is 10.4. The largest absolute Gasteiger partial charge is 0.296 e. The molecule has 19 heavy (non-hydrogen) atoms. The van der Waals surface area contributed by atoms with E-state index in [1.165, 1.54) is 11.3 Å². The molecule has 2 rings (SSSR count). The van der Waals surface area contributed by atoms with Gasteiger partial charge in [-0.05, 0) is 30.7 Å². The maximum absolute atomic E-state index is 11.9. The predicted octanol–water partition coefficient (Wildman–Crippen LogP) is 3.79. The average molecular weight is 296 g/mol. The molecule has 1 aromatic heterocycles. The van der Waals surface area contributed by atoms with Crippen LogP contribution in [0, 0.1) is 0 Å². The van der Waals surface area contributed by atoms with Crippen molar-refractivity contribution < 1.29 is 4.79 Å². The lowest BCUT2D eigenvalue weighted by Crippen LogP contribution is -2.11. The summed E-state index contributed by atoms with van der Waals surface area (Å²) in [5, 5.41) is 12.8. The Kier molecular flexibility index (Phi) is 4.87. The van der Waals surface area contributed by atoms with Crippen LogP contribution in [-0.4, -0.2) is 16.1 Å². The predicted molar refractivity (Wildman–Crippen MR) is 77.9 cm³/mol. The van der Waals surface area contributed by atoms with Gasteiger partial charge in [-0.1, -0.05) is 36.3 Å². The summed E-state index contributed by atoms with van der Waals surface area (Å²) in [5.74, 6) is -0.199. The molecular formula is C13H14ClN3OS. The number of anilines is 1. The van der Waals surface area contributed by atoms with E-state index in [2.05, 4.69) is 22.4 Å². The standard InChI is InChI=1S/C13H14ClN3OS/c1-2-3-4-11-16-17-13(19-11)15-12(18)9-5-7-10(14)8-6-9/h5-8H,2-4H2,1H3,(H,15,17,18). The van der Waals surface area contributed by atoms with Crippen molar-refractivity contribution in [1.29, 1.82) is 0 Å². The maximum Gasteiger partial charge on any atom is 0.257 e. The molecule has 0 atom stereocenters. The fourth-order valence-electron chi connectivity index (χ4n) is 1.50. The second-order valence-corrected chi connectivity index (χ2v) is 5.56. The van der Waals surface area contributed by atoms with Gasteiger partial charge in [-0.25, -0.2) is 0 Å². The summed E-state index contributed by atoms with van der Waals surface area (Å²) in [5.41, 5.74) is 0.551. The van der Waals surface area contributed by atoms with Crippen LogP contribution in [0.1, 0.15) is 35.1 Å². The molecule has 0 saturated carbocycles. The first-order chi connectivity index (χ1) is 9.19. The van der Waals surface area contributed by atoms with Crippen molar-refractivity contribution >= 4 is 34.0 Å². The Bertz CT molecular complexity index is 553. The fourth-order valence-corrected chi connectivity index (χ4v) is 2.41. The zero-order valence-corrected chi connectivity index (χ0v) is 12.1. The van der Waals surface area contributed by atoms with Crippen LogP contribution in [0.5, 0.6) is 0 Å². The number of carbonyl (C=O) groups excluding carboxylic acids is 1. The number of halogens is 1. The first kappa shape index (κ1) is 14.0. The van der Waals surface area contributed by atoms with Gasteiger partial charge in [-0.2, -0.15) is 0 Å². The fraction of sp³-hybridized carbons (Fsp3) is 0.308. The molecule has 0 bridgehead atoms. The molecule has 0 aliphatic heterocycles. The molecule has 1 heterocycles. The Balaban J connectivity index is 1.98. The first-order valence-corrected chi connectivity index (χ1v) is 7.28. The van der Waals surface area contributed by atoms with Crippen molar-refractivity contribution in [2.45, 2.75) is 26.2 Å². The topological polar surface area (TPSA) is 54.9 Å². The number of nitrogens with one attached hydrogen (secondary N) is 1. The Labute approximate surface area is 120 Å². The third kappa shape index (κ3) is 4.01. The summed E-state index contributed by atoms with van der Waals surface area (Å²) in [6.45, 7) is 2.13. The lowest BCUT2D eigenvalue weighted by Gasteiger charge is -2.00. The van der Waals surface area contributed by atoms with E-state index in [1.807, 2.05) is 0 Å². The highest BCUT2D eigenvalue weighted by molar-refractivity contribution is 7.15. The number of hydrogen-bond donors (Lipinski definition) is 1. The molecule has 1 N–H and O–H groups in total. The second kappa shape index (κ2) is 6.63. The minimum atomic E-state index is -0.199. The van der Waals surface area contributed by atoms with Crippen LogP contribution >= 0.6 is 22.9 Å². The monoisotopic (exact) mass is 295 g/mol. The summed E-state index contributed by atoms with van der Waals surface area (Å²) < 4.78 is 0. The number of benzene rings is 1. The van der Waals surface area contributed by atoms with Crippen molar-refractivity contribution in [2.24, 2.45) is 0 Å². The third-order valence-electron chi connectivity index (χ3n) is 2.54. The van der Waals surface area contributed by atoms with Gasteiger partial charge in [-0.15, -0.1) is 10.2 Å². The number of aryl methyl sites for hydroxylation is 1. The van der Waals surface area contributed by atoms with E-state index < -0.39 is 0 Å². The van der Waals surface area contributed by atoms with Crippen LogP contribution in [0.2, 0.25) is 5.02 Å². The van der Waals surface area contributed by atoms with Crippen LogP contribution in [-0.2, 0) is 6.42 Å². The Morgan fingerprint density at radius 3 is 2.74 bits per heavy atom. The number of amides is 1. The van der Waals surface area contributed by atoms with Crippen LogP contribution in [0.4, 0.5) is 5.13 Å². The summed E-state index contributed by atoms with van der Waals surface area (Å²) in [6.07, 6.45) is 3.11. The van der Waals surface area contributed by atoms with E-state index in [4.69, 9.17) is 11.6 Å². The molecule has 0 aliphatic carbocycles. The van der Waals surface area contributed by atoms with Gasteiger partial charge in [0.2, 0.25) is 5.13 Å². The van der Waals surface area contributed by atoms with E-state index >= 15 is 0 Å². The first-order valence-electron chi connectivity index (χ1n) is 6.08. The highest BCUT2D eigenvalue weighted by atomic mass is 35.5. The van der Waals surface area contributed by atoms with E-state index in [0.29, 0.717) is 15.7 Å². The molecule has 100 valence electrons. The molecule has 0 fully saturated rings. The van der Waals surface area contributed by atoms with E-state index in [0.717, 1.165) is 24.3 Å². The molecule has 1 aromatic carbocycles. The van der Waals surface area contributed by atoms with Gasteiger partial charge in [0, 0.05) is 17.0 Å². The van der Waals surface area contributed by atoms with Gasteiger partial charge in [-0.3, -0.25) is 10.1 Å². The smallest absolute Gasteiger partial charge is 0.257 e. The number of carbonyl (C=O) groups is 1. The molecule has 2 aromatic rings. The van der Waals surface area contributed by atoms with Gasteiger partial charge in [0.15, 0.2) is 0 Å². The van der Waals surface area contributed by atoms with Gasteiger partial charge < -0.3 is 0 Å². The van der Waals surface area contributed by atoms with Crippen LogP contribution in [0.25, 0.3) is 0 Å².